The van der Waals surface area contributed by atoms with Crippen LogP contribution in [0.4, 0.5) is 5.69 Å². The molecule has 0 N–H and O–H groups in total. The molecule has 3 rings (SSSR count). The van der Waals surface area contributed by atoms with E-state index in [1.165, 1.54) is 23.2 Å². The van der Waals surface area contributed by atoms with Gasteiger partial charge in [0.15, 0.2) is 5.78 Å². The number of methoxy groups -OCH3 is 1. The molecule has 28 heavy (non-hydrogen) atoms. The van der Waals surface area contributed by atoms with Crippen LogP contribution in [0.25, 0.3) is 6.08 Å². The predicted molar refractivity (Wildman–Crippen MR) is 102 cm³/mol. The van der Waals surface area contributed by atoms with Gasteiger partial charge in [-0.2, -0.15) is 10.2 Å². The van der Waals surface area contributed by atoms with Gasteiger partial charge in [0.2, 0.25) is 0 Å². The quantitative estimate of drug-likeness (QED) is 0.270. The second kappa shape index (κ2) is 7.87. The molecule has 144 valence electrons. The van der Waals surface area contributed by atoms with E-state index in [4.69, 9.17) is 4.74 Å². The number of nitro groups is 1. The third kappa shape index (κ3) is 3.98. The molecule has 2 aromatic heterocycles. The van der Waals surface area contributed by atoms with Crippen molar-refractivity contribution in [3.05, 3.63) is 75.4 Å². The largest absolute Gasteiger partial charge is 0.496 e. The van der Waals surface area contributed by atoms with Crippen molar-refractivity contribution in [2.45, 2.75) is 13.5 Å². The van der Waals surface area contributed by atoms with E-state index in [1.807, 2.05) is 19.1 Å². The Hall–Kier alpha value is -3.75. The SMILES string of the molecule is COc1ccc(C=CC(=O)c2cnn(C)c2C)cc1Cn1cc([N+](=O)[O-])cn1. The Kier molecular flexibility index (Phi) is 5.35. The second-order valence-electron chi connectivity index (χ2n) is 6.19. The maximum Gasteiger partial charge on any atom is 0.307 e. The first-order chi connectivity index (χ1) is 13.4. The van der Waals surface area contributed by atoms with Crippen molar-refractivity contribution in [2.75, 3.05) is 7.11 Å². The van der Waals surface area contributed by atoms with Gasteiger partial charge >= 0.3 is 5.69 Å². The fourth-order valence-electron chi connectivity index (χ4n) is 2.74. The molecular formula is C19H19N5O4. The van der Waals surface area contributed by atoms with Crippen LogP contribution in [0.15, 0.2) is 42.9 Å². The van der Waals surface area contributed by atoms with Crippen LogP contribution < -0.4 is 4.74 Å². The van der Waals surface area contributed by atoms with E-state index in [-0.39, 0.29) is 11.5 Å². The number of hydrogen-bond donors (Lipinski definition) is 0. The van der Waals surface area contributed by atoms with Gasteiger partial charge in [0, 0.05) is 18.3 Å². The lowest BCUT2D eigenvalue weighted by atomic mass is 10.1. The first kappa shape index (κ1) is 19.0. The lowest BCUT2D eigenvalue weighted by Crippen LogP contribution is -2.03. The molecule has 0 bridgehead atoms. The third-order valence-electron chi connectivity index (χ3n) is 4.40. The number of hydrogen-bond acceptors (Lipinski definition) is 6. The summed E-state index contributed by atoms with van der Waals surface area (Å²) < 4.78 is 8.48. The molecule has 0 radical (unpaired) electrons. The number of aromatic nitrogens is 4. The molecule has 0 unspecified atom stereocenters. The minimum Gasteiger partial charge on any atom is -0.496 e. The molecule has 0 saturated heterocycles. The molecule has 0 aliphatic carbocycles. The molecule has 9 nitrogen and oxygen atoms in total. The molecule has 0 atom stereocenters. The molecular weight excluding hydrogens is 362 g/mol. The van der Waals surface area contributed by atoms with Gasteiger partial charge in [-0.1, -0.05) is 12.1 Å². The van der Waals surface area contributed by atoms with Crippen LogP contribution in [-0.4, -0.2) is 37.4 Å². The zero-order valence-electron chi connectivity index (χ0n) is 15.7. The van der Waals surface area contributed by atoms with Gasteiger partial charge in [0.05, 0.1) is 30.3 Å². The number of ketones is 1. The van der Waals surface area contributed by atoms with Gasteiger partial charge in [0.1, 0.15) is 18.1 Å². The monoisotopic (exact) mass is 381 g/mol. The van der Waals surface area contributed by atoms with E-state index in [0.29, 0.717) is 17.9 Å². The molecule has 1 aromatic carbocycles. The van der Waals surface area contributed by atoms with Gasteiger partial charge in [-0.05, 0) is 30.7 Å². The molecule has 3 aromatic rings. The molecule has 0 spiro atoms. The van der Waals surface area contributed by atoms with Crippen LogP contribution in [0.1, 0.15) is 27.2 Å². The first-order valence-electron chi connectivity index (χ1n) is 8.44. The molecule has 9 heteroatoms. The van der Waals surface area contributed by atoms with Crippen molar-refractivity contribution in [2.24, 2.45) is 7.05 Å². The summed E-state index contributed by atoms with van der Waals surface area (Å²) >= 11 is 0. The Labute approximate surface area is 161 Å². The Balaban J connectivity index is 1.82. The van der Waals surface area contributed by atoms with E-state index in [0.717, 1.165) is 16.8 Å². The van der Waals surface area contributed by atoms with Crippen LogP contribution in [0.5, 0.6) is 5.75 Å². The first-order valence-corrected chi connectivity index (χ1v) is 8.44. The minimum atomic E-state index is -0.494. The van der Waals surface area contributed by atoms with Crippen molar-refractivity contribution in [1.82, 2.24) is 19.6 Å². The third-order valence-corrected chi connectivity index (χ3v) is 4.40. The van der Waals surface area contributed by atoms with E-state index < -0.39 is 4.92 Å². The Morgan fingerprint density at radius 3 is 2.71 bits per heavy atom. The zero-order valence-corrected chi connectivity index (χ0v) is 15.7. The average Bonchev–Trinajstić information content (AvgIpc) is 3.27. The van der Waals surface area contributed by atoms with Crippen LogP contribution in [0.2, 0.25) is 0 Å². The number of aryl methyl sites for hydroxylation is 1. The van der Waals surface area contributed by atoms with E-state index in [2.05, 4.69) is 10.2 Å². The lowest BCUT2D eigenvalue weighted by molar-refractivity contribution is -0.385. The summed E-state index contributed by atoms with van der Waals surface area (Å²) in [6.45, 7) is 2.14. The summed E-state index contributed by atoms with van der Waals surface area (Å²) in [7, 11) is 3.33. The number of carbonyl (C=O) groups is 1. The smallest absolute Gasteiger partial charge is 0.307 e. The van der Waals surface area contributed by atoms with Crippen LogP contribution in [0.3, 0.4) is 0 Å². The topological polar surface area (TPSA) is 105 Å². The molecule has 0 saturated carbocycles. The summed E-state index contributed by atoms with van der Waals surface area (Å²) in [5, 5.41) is 18.9. The number of allylic oxidation sites excluding steroid dienone is 1. The highest BCUT2D eigenvalue weighted by molar-refractivity contribution is 6.07. The Bertz CT molecular complexity index is 1060. The second-order valence-corrected chi connectivity index (χ2v) is 6.19. The van der Waals surface area contributed by atoms with Crippen LogP contribution in [0, 0.1) is 17.0 Å². The van der Waals surface area contributed by atoms with Crippen molar-refractivity contribution >= 4 is 17.5 Å². The van der Waals surface area contributed by atoms with E-state index in [1.54, 1.807) is 37.2 Å². The average molecular weight is 381 g/mol. The predicted octanol–water partition coefficient (Wildman–Crippen LogP) is 2.79. The number of benzene rings is 1. The molecule has 0 fully saturated rings. The molecule has 0 aliphatic heterocycles. The van der Waals surface area contributed by atoms with Crippen molar-refractivity contribution in [3.8, 4) is 5.75 Å². The number of nitrogens with zero attached hydrogens (tertiary/aromatic N) is 5. The highest BCUT2D eigenvalue weighted by atomic mass is 16.6. The highest BCUT2D eigenvalue weighted by Crippen LogP contribution is 2.22. The number of carbonyl (C=O) groups excluding carboxylic acids is 1. The minimum absolute atomic E-state index is 0.0764. The molecule has 0 aliphatic rings. The summed E-state index contributed by atoms with van der Waals surface area (Å²) in [4.78, 5) is 22.7. The van der Waals surface area contributed by atoms with Crippen LogP contribution in [-0.2, 0) is 13.6 Å². The van der Waals surface area contributed by atoms with E-state index in [9.17, 15) is 14.9 Å². The highest BCUT2D eigenvalue weighted by Gasteiger charge is 2.12. The lowest BCUT2D eigenvalue weighted by Gasteiger charge is -2.09. The standard InChI is InChI=1S/C19H19N5O4/c1-13-17(10-20-22(13)2)18(25)6-4-14-5-7-19(28-3)15(8-14)11-23-12-16(9-21-23)24(26)27/h4-10,12H,11H2,1-3H3. The molecule has 2 heterocycles. The Morgan fingerprint density at radius 1 is 1.32 bits per heavy atom. The van der Waals surface area contributed by atoms with Crippen molar-refractivity contribution in [3.63, 3.8) is 0 Å². The fraction of sp³-hybridized carbons (Fsp3) is 0.211. The summed E-state index contributed by atoms with van der Waals surface area (Å²) in [6, 6.07) is 5.46. The van der Waals surface area contributed by atoms with Crippen molar-refractivity contribution < 1.29 is 14.5 Å². The van der Waals surface area contributed by atoms with Gasteiger partial charge in [-0.25, -0.2) is 0 Å². The fourth-order valence-corrected chi connectivity index (χ4v) is 2.74. The molecule has 0 amide bonds. The van der Waals surface area contributed by atoms with E-state index >= 15 is 0 Å². The van der Waals surface area contributed by atoms with Gasteiger partial charge in [-0.3, -0.25) is 24.3 Å². The van der Waals surface area contributed by atoms with Gasteiger partial charge in [-0.15, -0.1) is 0 Å². The maximum absolute atomic E-state index is 12.4. The van der Waals surface area contributed by atoms with Crippen molar-refractivity contribution in [1.29, 1.82) is 0 Å². The zero-order chi connectivity index (χ0) is 20.3. The van der Waals surface area contributed by atoms with Gasteiger partial charge < -0.3 is 4.74 Å². The maximum atomic E-state index is 12.4. The summed E-state index contributed by atoms with van der Waals surface area (Å²) in [5.41, 5.74) is 2.86. The Morgan fingerprint density at radius 2 is 2.11 bits per heavy atom. The summed E-state index contributed by atoms with van der Waals surface area (Å²) in [6.07, 6.45) is 7.31. The number of rotatable bonds is 7. The summed E-state index contributed by atoms with van der Waals surface area (Å²) in [5.74, 6) is 0.496. The van der Waals surface area contributed by atoms with Crippen LogP contribution >= 0.6 is 0 Å². The number of ether oxygens (including phenoxy) is 1. The normalized spacial score (nSPS) is 11.1. The van der Waals surface area contributed by atoms with Gasteiger partial charge in [0.25, 0.3) is 0 Å².